The zero-order valence-electron chi connectivity index (χ0n) is 11.1. The molecule has 1 unspecified atom stereocenters. The molecule has 6 heteroatoms. The molecule has 2 aliphatic heterocycles. The van der Waals surface area contributed by atoms with Crippen LogP contribution in [0.2, 0.25) is 5.02 Å². The molecule has 0 saturated carbocycles. The zero-order valence-corrected chi connectivity index (χ0v) is 11.9. The van der Waals surface area contributed by atoms with E-state index in [-0.39, 0.29) is 6.10 Å². The van der Waals surface area contributed by atoms with Gasteiger partial charge in [-0.05, 0) is 25.0 Å². The summed E-state index contributed by atoms with van der Waals surface area (Å²) in [7, 11) is 1.71. The number of fused-ring (bicyclic) bond motifs is 1. The zero-order chi connectivity index (χ0) is 14.3. The summed E-state index contributed by atoms with van der Waals surface area (Å²) in [5.41, 5.74) is 1.73. The first kappa shape index (κ1) is 13.4. The van der Waals surface area contributed by atoms with E-state index in [0.717, 1.165) is 31.6 Å². The predicted octanol–water partition coefficient (Wildman–Crippen LogP) is 2.09. The van der Waals surface area contributed by atoms with Gasteiger partial charge in [0.15, 0.2) is 0 Å². The summed E-state index contributed by atoms with van der Waals surface area (Å²) in [6.07, 6.45) is 2.24. The van der Waals surface area contributed by atoms with Gasteiger partial charge in [0.25, 0.3) is 11.7 Å². The van der Waals surface area contributed by atoms with Crippen molar-refractivity contribution in [3.8, 4) is 0 Å². The molecule has 1 aromatic rings. The van der Waals surface area contributed by atoms with Gasteiger partial charge in [-0.25, -0.2) is 0 Å². The number of carbonyl (C=O) groups is 2. The van der Waals surface area contributed by atoms with Crippen LogP contribution in [-0.4, -0.2) is 38.0 Å². The summed E-state index contributed by atoms with van der Waals surface area (Å²) in [6.45, 7) is 1.65. The lowest BCUT2D eigenvalue weighted by Crippen LogP contribution is -2.39. The maximum Gasteiger partial charge on any atom is 0.296 e. The average molecular weight is 295 g/mol. The van der Waals surface area contributed by atoms with Crippen LogP contribution in [0.4, 0.5) is 11.4 Å². The second kappa shape index (κ2) is 5.07. The van der Waals surface area contributed by atoms with Crippen molar-refractivity contribution >= 4 is 34.7 Å². The highest BCUT2D eigenvalue weighted by Crippen LogP contribution is 2.36. The lowest BCUT2D eigenvalue weighted by atomic mass is 10.1. The van der Waals surface area contributed by atoms with Crippen LogP contribution in [0.25, 0.3) is 0 Å². The minimum Gasteiger partial charge on any atom is -0.380 e. The summed E-state index contributed by atoms with van der Waals surface area (Å²) in [5, 5.41) is 3.07. The van der Waals surface area contributed by atoms with Crippen LogP contribution in [0, 0.1) is 0 Å². The van der Waals surface area contributed by atoms with Crippen molar-refractivity contribution < 1.29 is 14.3 Å². The second-order valence-corrected chi connectivity index (χ2v) is 5.49. The molecule has 0 aliphatic carbocycles. The molecule has 1 amide bonds. The Balaban J connectivity index is 1.93. The summed E-state index contributed by atoms with van der Waals surface area (Å²) < 4.78 is 5.40. The molecule has 106 valence electrons. The van der Waals surface area contributed by atoms with Crippen LogP contribution >= 0.6 is 11.6 Å². The van der Waals surface area contributed by atoms with E-state index in [0.29, 0.717) is 16.3 Å². The molecule has 0 radical (unpaired) electrons. The SMILES string of the molecule is COC1CCCN(c2cc3c(cc2Cl)C(=O)C(=O)N3)C1. The number of benzene rings is 1. The number of nitrogens with one attached hydrogen (secondary N) is 1. The van der Waals surface area contributed by atoms with Crippen molar-refractivity contribution in [1.29, 1.82) is 0 Å². The number of rotatable bonds is 2. The fourth-order valence-corrected chi connectivity index (χ4v) is 3.03. The number of ether oxygens (including phenoxy) is 1. The molecule has 2 heterocycles. The number of piperidine rings is 1. The second-order valence-electron chi connectivity index (χ2n) is 5.08. The Bertz CT molecular complexity index is 588. The quantitative estimate of drug-likeness (QED) is 0.849. The first-order valence-electron chi connectivity index (χ1n) is 6.57. The average Bonchev–Trinajstić information content (AvgIpc) is 2.73. The van der Waals surface area contributed by atoms with Crippen molar-refractivity contribution in [2.75, 3.05) is 30.4 Å². The Morgan fingerprint density at radius 3 is 2.95 bits per heavy atom. The molecule has 2 aliphatic rings. The van der Waals surface area contributed by atoms with E-state index in [1.165, 1.54) is 0 Å². The summed E-state index contributed by atoms with van der Waals surface area (Å²) >= 11 is 6.27. The summed E-state index contributed by atoms with van der Waals surface area (Å²) in [4.78, 5) is 25.2. The number of anilines is 2. The normalized spacial score (nSPS) is 21.9. The van der Waals surface area contributed by atoms with Gasteiger partial charge in [0, 0.05) is 20.2 Å². The number of methoxy groups -OCH3 is 1. The maximum absolute atomic E-state index is 11.6. The molecule has 5 nitrogen and oxygen atoms in total. The third-order valence-electron chi connectivity index (χ3n) is 3.84. The van der Waals surface area contributed by atoms with E-state index in [1.807, 2.05) is 0 Å². The van der Waals surface area contributed by atoms with Gasteiger partial charge in [-0.15, -0.1) is 0 Å². The van der Waals surface area contributed by atoms with Gasteiger partial charge >= 0.3 is 0 Å². The maximum atomic E-state index is 11.6. The Hall–Kier alpha value is -1.59. The van der Waals surface area contributed by atoms with Crippen LogP contribution < -0.4 is 10.2 Å². The van der Waals surface area contributed by atoms with E-state index in [2.05, 4.69) is 10.2 Å². The first-order chi connectivity index (χ1) is 9.60. The fourth-order valence-electron chi connectivity index (χ4n) is 2.75. The van der Waals surface area contributed by atoms with Crippen LogP contribution in [0.5, 0.6) is 0 Å². The summed E-state index contributed by atoms with van der Waals surface area (Å²) in [5.74, 6) is -1.12. The van der Waals surface area contributed by atoms with E-state index in [4.69, 9.17) is 16.3 Å². The molecule has 1 fully saturated rings. The number of hydrogen-bond acceptors (Lipinski definition) is 4. The van der Waals surface area contributed by atoms with E-state index >= 15 is 0 Å². The molecule has 0 spiro atoms. The standard InChI is InChI=1S/C14H15ClN2O3/c1-20-8-3-2-4-17(7-8)12-6-11-9(5-10(12)15)13(18)14(19)16-11/h5-6,8H,2-4,7H2,1H3,(H,16,18,19). The Morgan fingerprint density at radius 2 is 2.20 bits per heavy atom. The van der Waals surface area contributed by atoms with Gasteiger partial charge in [-0.1, -0.05) is 11.6 Å². The highest BCUT2D eigenvalue weighted by atomic mass is 35.5. The van der Waals surface area contributed by atoms with Crippen molar-refractivity contribution in [1.82, 2.24) is 0 Å². The molecule has 0 bridgehead atoms. The molecule has 3 rings (SSSR count). The van der Waals surface area contributed by atoms with Crippen molar-refractivity contribution in [3.63, 3.8) is 0 Å². The van der Waals surface area contributed by atoms with Crippen molar-refractivity contribution in [2.45, 2.75) is 18.9 Å². The van der Waals surface area contributed by atoms with Gasteiger partial charge in [0.05, 0.1) is 28.1 Å². The highest BCUT2D eigenvalue weighted by Gasteiger charge is 2.30. The number of carbonyl (C=O) groups excluding carboxylic acids is 2. The monoisotopic (exact) mass is 294 g/mol. The van der Waals surface area contributed by atoms with Crippen LogP contribution in [0.3, 0.4) is 0 Å². The molecular formula is C14H15ClN2O3. The Labute approximate surface area is 121 Å². The van der Waals surface area contributed by atoms with Gasteiger partial charge in [0.2, 0.25) is 0 Å². The smallest absolute Gasteiger partial charge is 0.296 e. The molecule has 1 atom stereocenters. The minimum atomic E-state index is -0.596. The van der Waals surface area contributed by atoms with Crippen molar-refractivity contribution in [2.24, 2.45) is 0 Å². The Morgan fingerprint density at radius 1 is 1.40 bits per heavy atom. The molecule has 1 saturated heterocycles. The van der Waals surface area contributed by atoms with Crippen molar-refractivity contribution in [3.05, 3.63) is 22.7 Å². The van der Waals surface area contributed by atoms with Gasteiger partial charge in [-0.2, -0.15) is 0 Å². The molecule has 0 aromatic heterocycles. The highest BCUT2D eigenvalue weighted by molar-refractivity contribution is 6.52. The number of Topliss-reactive ketones (excluding diaryl/α,β-unsaturated/α-hetero) is 1. The molecular weight excluding hydrogens is 280 g/mol. The predicted molar refractivity (Wildman–Crippen MR) is 76.7 cm³/mol. The van der Waals surface area contributed by atoms with Gasteiger partial charge in [-0.3, -0.25) is 9.59 Å². The van der Waals surface area contributed by atoms with Crippen LogP contribution in [0.1, 0.15) is 23.2 Å². The lowest BCUT2D eigenvalue weighted by molar-refractivity contribution is -0.112. The third-order valence-corrected chi connectivity index (χ3v) is 4.14. The number of nitrogens with zero attached hydrogens (tertiary/aromatic N) is 1. The third kappa shape index (κ3) is 2.17. The largest absolute Gasteiger partial charge is 0.380 e. The van der Waals surface area contributed by atoms with Gasteiger partial charge in [0.1, 0.15) is 0 Å². The lowest BCUT2D eigenvalue weighted by Gasteiger charge is -2.34. The molecule has 1 aromatic carbocycles. The number of ketones is 1. The minimum absolute atomic E-state index is 0.185. The first-order valence-corrected chi connectivity index (χ1v) is 6.95. The fraction of sp³-hybridized carbons (Fsp3) is 0.429. The van der Waals surface area contributed by atoms with Crippen LogP contribution in [0.15, 0.2) is 12.1 Å². The molecule has 1 N–H and O–H groups in total. The number of hydrogen-bond donors (Lipinski definition) is 1. The molecule has 20 heavy (non-hydrogen) atoms. The van der Waals surface area contributed by atoms with E-state index in [1.54, 1.807) is 19.2 Å². The number of amides is 1. The Kier molecular flexibility index (Phi) is 3.40. The van der Waals surface area contributed by atoms with E-state index in [9.17, 15) is 9.59 Å². The van der Waals surface area contributed by atoms with Crippen LogP contribution in [-0.2, 0) is 9.53 Å². The number of halogens is 1. The summed E-state index contributed by atoms with van der Waals surface area (Å²) in [6, 6.07) is 3.35. The van der Waals surface area contributed by atoms with E-state index < -0.39 is 11.7 Å². The van der Waals surface area contributed by atoms with Gasteiger partial charge < -0.3 is 15.0 Å². The topological polar surface area (TPSA) is 58.6 Å².